The standard InChI is InChI=1S/C12H21NO/c1-10(9-11(2)14)13-12-7-5-3-4-6-8-12/h9,12-13H,3-8H2,1-2H3/b10-9-. The summed E-state index contributed by atoms with van der Waals surface area (Å²) in [4.78, 5) is 10.8. The van der Waals surface area contributed by atoms with E-state index < -0.39 is 0 Å². The molecule has 1 aliphatic rings. The van der Waals surface area contributed by atoms with E-state index in [0.29, 0.717) is 6.04 Å². The molecule has 0 unspecified atom stereocenters. The van der Waals surface area contributed by atoms with Crippen molar-refractivity contribution in [3.8, 4) is 0 Å². The van der Waals surface area contributed by atoms with Crippen LogP contribution in [0.25, 0.3) is 0 Å². The van der Waals surface area contributed by atoms with E-state index in [2.05, 4.69) is 5.32 Å². The van der Waals surface area contributed by atoms with Crippen molar-refractivity contribution in [3.05, 3.63) is 11.8 Å². The van der Waals surface area contributed by atoms with Crippen molar-refractivity contribution in [2.24, 2.45) is 0 Å². The van der Waals surface area contributed by atoms with Crippen LogP contribution in [-0.4, -0.2) is 11.8 Å². The van der Waals surface area contributed by atoms with Crippen LogP contribution in [0, 0.1) is 0 Å². The minimum Gasteiger partial charge on any atom is -0.386 e. The maximum atomic E-state index is 10.8. The molecule has 1 rings (SSSR count). The van der Waals surface area contributed by atoms with Gasteiger partial charge in [0.1, 0.15) is 0 Å². The maximum absolute atomic E-state index is 10.8. The quantitative estimate of drug-likeness (QED) is 0.554. The summed E-state index contributed by atoms with van der Waals surface area (Å²) >= 11 is 0. The zero-order valence-corrected chi connectivity index (χ0v) is 9.31. The van der Waals surface area contributed by atoms with Gasteiger partial charge in [-0.25, -0.2) is 0 Å². The van der Waals surface area contributed by atoms with E-state index in [-0.39, 0.29) is 5.78 Å². The minimum atomic E-state index is 0.128. The van der Waals surface area contributed by atoms with Crippen molar-refractivity contribution in [1.29, 1.82) is 0 Å². The number of allylic oxidation sites excluding steroid dienone is 2. The van der Waals surface area contributed by atoms with Crippen molar-refractivity contribution in [2.45, 2.75) is 58.4 Å². The van der Waals surface area contributed by atoms with E-state index in [1.807, 2.05) is 6.92 Å². The second-order valence-electron chi connectivity index (χ2n) is 4.27. The van der Waals surface area contributed by atoms with E-state index in [1.54, 1.807) is 13.0 Å². The normalized spacial score (nSPS) is 20.3. The van der Waals surface area contributed by atoms with Gasteiger partial charge in [-0.1, -0.05) is 25.7 Å². The molecule has 0 bridgehead atoms. The first-order chi connectivity index (χ1) is 6.68. The molecule has 14 heavy (non-hydrogen) atoms. The lowest BCUT2D eigenvalue weighted by atomic mass is 10.1. The second kappa shape index (κ2) is 5.84. The number of rotatable bonds is 3. The molecule has 0 heterocycles. The number of hydrogen-bond acceptors (Lipinski definition) is 2. The van der Waals surface area contributed by atoms with E-state index >= 15 is 0 Å². The van der Waals surface area contributed by atoms with Crippen molar-refractivity contribution in [3.63, 3.8) is 0 Å². The molecule has 0 spiro atoms. The Bertz CT molecular complexity index is 212. The average Bonchev–Trinajstić information content (AvgIpc) is 2.31. The molecule has 2 heteroatoms. The Hall–Kier alpha value is -0.790. The van der Waals surface area contributed by atoms with Gasteiger partial charge in [-0.2, -0.15) is 0 Å². The summed E-state index contributed by atoms with van der Waals surface area (Å²) in [7, 11) is 0. The molecule has 0 saturated heterocycles. The lowest BCUT2D eigenvalue weighted by Crippen LogP contribution is -2.27. The Morgan fingerprint density at radius 3 is 2.21 bits per heavy atom. The highest BCUT2D eigenvalue weighted by molar-refractivity contribution is 5.87. The van der Waals surface area contributed by atoms with Crippen LogP contribution in [0.2, 0.25) is 0 Å². The number of nitrogens with one attached hydrogen (secondary N) is 1. The molecule has 0 aromatic heterocycles. The molecule has 80 valence electrons. The van der Waals surface area contributed by atoms with E-state index in [0.717, 1.165) is 5.70 Å². The first-order valence-corrected chi connectivity index (χ1v) is 5.64. The second-order valence-corrected chi connectivity index (χ2v) is 4.27. The van der Waals surface area contributed by atoms with Gasteiger partial charge in [0.2, 0.25) is 0 Å². The Balaban J connectivity index is 2.37. The summed E-state index contributed by atoms with van der Waals surface area (Å²) < 4.78 is 0. The molecule has 0 aliphatic heterocycles. The smallest absolute Gasteiger partial charge is 0.154 e. The summed E-state index contributed by atoms with van der Waals surface area (Å²) in [5.74, 6) is 0.128. The first-order valence-electron chi connectivity index (χ1n) is 5.64. The summed E-state index contributed by atoms with van der Waals surface area (Å²) in [5.41, 5.74) is 1.02. The molecule has 1 aliphatic carbocycles. The van der Waals surface area contributed by atoms with Crippen LogP contribution in [0.1, 0.15) is 52.4 Å². The predicted molar refractivity (Wildman–Crippen MR) is 59.1 cm³/mol. The van der Waals surface area contributed by atoms with Gasteiger partial charge in [-0.3, -0.25) is 4.79 Å². The molecule has 1 fully saturated rings. The van der Waals surface area contributed by atoms with Gasteiger partial charge in [0.15, 0.2) is 5.78 Å². The van der Waals surface area contributed by atoms with E-state index in [9.17, 15) is 4.79 Å². The molecule has 0 amide bonds. The van der Waals surface area contributed by atoms with Gasteiger partial charge in [0.25, 0.3) is 0 Å². The van der Waals surface area contributed by atoms with Gasteiger partial charge in [-0.05, 0) is 32.8 Å². The number of ketones is 1. The summed E-state index contributed by atoms with van der Waals surface area (Å²) in [6.45, 7) is 3.57. The third-order valence-electron chi connectivity index (χ3n) is 2.71. The number of carbonyl (C=O) groups excluding carboxylic acids is 1. The topological polar surface area (TPSA) is 29.1 Å². The highest BCUT2D eigenvalue weighted by Crippen LogP contribution is 2.17. The summed E-state index contributed by atoms with van der Waals surface area (Å²) in [5, 5.41) is 3.43. The van der Waals surface area contributed by atoms with E-state index in [4.69, 9.17) is 0 Å². The fourth-order valence-corrected chi connectivity index (χ4v) is 2.09. The van der Waals surface area contributed by atoms with Crippen LogP contribution in [0.15, 0.2) is 11.8 Å². The maximum Gasteiger partial charge on any atom is 0.154 e. The zero-order chi connectivity index (χ0) is 10.4. The fraction of sp³-hybridized carbons (Fsp3) is 0.750. The van der Waals surface area contributed by atoms with Crippen LogP contribution in [0.5, 0.6) is 0 Å². The Morgan fingerprint density at radius 2 is 1.71 bits per heavy atom. The van der Waals surface area contributed by atoms with Crippen molar-refractivity contribution < 1.29 is 4.79 Å². The molecule has 1 saturated carbocycles. The highest BCUT2D eigenvalue weighted by atomic mass is 16.1. The Labute approximate surface area is 86.8 Å². The predicted octanol–water partition coefficient (Wildman–Crippen LogP) is 2.79. The molecule has 1 N–H and O–H groups in total. The Morgan fingerprint density at radius 1 is 1.14 bits per heavy atom. The lowest BCUT2D eigenvalue weighted by molar-refractivity contribution is -0.112. The molecule has 0 atom stereocenters. The number of carbonyl (C=O) groups is 1. The summed E-state index contributed by atoms with van der Waals surface area (Å²) in [6.07, 6.45) is 9.58. The van der Waals surface area contributed by atoms with Crippen LogP contribution in [0.4, 0.5) is 0 Å². The van der Waals surface area contributed by atoms with Crippen molar-refractivity contribution in [2.75, 3.05) is 0 Å². The fourth-order valence-electron chi connectivity index (χ4n) is 2.09. The number of hydrogen-bond donors (Lipinski definition) is 1. The minimum absolute atomic E-state index is 0.128. The molecular weight excluding hydrogens is 174 g/mol. The molecule has 0 aromatic rings. The van der Waals surface area contributed by atoms with Gasteiger partial charge in [0.05, 0.1) is 0 Å². The van der Waals surface area contributed by atoms with Gasteiger partial charge >= 0.3 is 0 Å². The molecule has 0 aromatic carbocycles. The molecule has 0 radical (unpaired) electrons. The van der Waals surface area contributed by atoms with Gasteiger partial charge in [0, 0.05) is 11.7 Å². The lowest BCUT2D eigenvalue weighted by Gasteiger charge is -2.17. The van der Waals surface area contributed by atoms with Crippen LogP contribution < -0.4 is 5.32 Å². The first kappa shape index (κ1) is 11.3. The van der Waals surface area contributed by atoms with Gasteiger partial charge < -0.3 is 5.32 Å². The van der Waals surface area contributed by atoms with Crippen molar-refractivity contribution >= 4 is 5.78 Å². The average molecular weight is 195 g/mol. The highest BCUT2D eigenvalue weighted by Gasteiger charge is 2.11. The van der Waals surface area contributed by atoms with Crippen LogP contribution in [-0.2, 0) is 4.79 Å². The monoisotopic (exact) mass is 195 g/mol. The van der Waals surface area contributed by atoms with Gasteiger partial charge in [-0.15, -0.1) is 0 Å². The Kier molecular flexibility index (Phi) is 4.71. The summed E-state index contributed by atoms with van der Waals surface area (Å²) in [6, 6.07) is 0.591. The van der Waals surface area contributed by atoms with Crippen molar-refractivity contribution in [1.82, 2.24) is 5.32 Å². The third kappa shape index (κ3) is 4.45. The largest absolute Gasteiger partial charge is 0.386 e. The zero-order valence-electron chi connectivity index (χ0n) is 9.31. The third-order valence-corrected chi connectivity index (χ3v) is 2.71. The van der Waals surface area contributed by atoms with Crippen LogP contribution >= 0.6 is 0 Å². The molecular formula is C12H21NO. The molecule has 2 nitrogen and oxygen atoms in total. The SMILES string of the molecule is CC(=O)/C=C(/C)NC1CCCCCC1. The van der Waals surface area contributed by atoms with E-state index in [1.165, 1.54) is 38.5 Å². The van der Waals surface area contributed by atoms with Crippen LogP contribution in [0.3, 0.4) is 0 Å².